The number of carbonyl (C=O) groups excluding carboxylic acids is 2. The second kappa shape index (κ2) is 7.50. The molecule has 3 aliphatic rings. The summed E-state index contributed by atoms with van der Waals surface area (Å²) < 4.78 is 19.0. The minimum atomic E-state index is -0.664. The van der Waals surface area contributed by atoms with Crippen molar-refractivity contribution in [3.8, 4) is 11.1 Å². The maximum atomic E-state index is 13.8. The van der Waals surface area contributed by atoms with Crippen molar-refractivity contribution in [2.75, 3.05) is 0 Å². The van der Waals surface area contributed by atoms with Crippen LogP contribution in [0.4, 0.5) is 4.79 Å². The normalized spacial score (nSPS) is 21.1. The van der Waals surface area contributed by atoms with Gasteiger partial charge in [-0.3, -0.25) is 4.79 Å². The van der Waals surface area contributed by atoms with Crippen LogP contribution in [0.25, 0.3) is 22.2 Å². The third kappa shape index (κ3) is 3.88. The van der Waals surface area contributed by atoms with Gasteiger partial charge < -0.3 is 14.0 Å². The van der Waals surface area contributed by atoms with Crippen molar-refractivity contribution in [3.05, 3.63) is 35.0 Å². The number of hydrogen-bond acceptors (Lipinski definition) is 7. The number of nitrogens with zero attached hydrogens (tertiary/aromatic N) is 3. The van der Waals surface area contributed by atoms with Crippen LogP contribution in [0.1, 0.15) is 92.9 Å². The van der Waals surface area contributed by atoms with Gasteiger partial charge in [-0.1, -0.05) is 5.16 Å². The molecule has 1 spiro atoms. The number of aryl methyl sites for hydroxylation is 2. The number of fused-ring (bicyclic) bond motifs is 1. The van der Waals surface area contributed by atoms with Gasteiger partial charge in [0.2, 0.25) is 0 Å². The molecule has 3 aromatic rings. The Morgan fingerprint density at radius 3 is 2.43 bits per heavy atom. The molecule has 1 aliphatic heterocycles. The summed E-state index contributed by atoms with van der Waals surface area (Å²) in [5.74, 6) is 1.41. The van der Waals surface area contributed by atoms with E-state index in [9.17, 15) is 9.59 Å². The van der Waals surface area contributed by atoms with Crippen LogP contribution in [-0.4, -0.2) is 43.9 Å². The highest BCUT2D eigenvalue weighted by Gasteiger charge is 2.51. The molecular formula is C27H31N3O5. The molecule has 184 valence electrons. The first-order chi connectivity index (χ1) is 16.6. The molecule has 1 unspecified atom stereocenters. The van der Waals surface area contributed by atoms with Gasteiger partial charge in [0.1, 0.15) is 28.8 Å². The number of ketones is 1. The molecule has 0 N–H and O–H groups in total. The maximum Gasteiger partial charge on any atom is 0.420 e. The third-order valence-corrected chi connectivity index (χ3v) is 7.25. The molecule has 3 fully saturated rings. The maximum absolute atomic E-state index is 13.8. The number of rotatable bonds is 4. The number of benzene rings is 1. The molecule has 3 heterocycles. The Morgan fingerprint density at radius 2 is 1.86 bits per heavy atom. The van der Waals surface area contributed by atoms with Crippen LogP contribution in [0, 0.1) is 13.8 Å². The molecule has 2 aliphatic carbocycles. The number of imidazole rings is 1. The van der Waals surface area contributed by atoms with Crippen molar-refractivity contribution >= 4 is 22.9 Å². The van der Waals surface area contributed by atoms with Crippen LogP contribution in [0.15, 0.2) is 16.7 Å². The van der Waals surface area contributed by atoms with Crippen molar-refractivity contribution in [2.45, 2.75) is 96.4 Å². The predicted octanol–water partition coefficient (Wildman–Crippen LogP) is 5.86. The van der Waals surface area contributed by atoms with Gasteiger partial charge in [0.15, 0.2) is 5.78 Å². The summed E-state index contributed by atoms with van der Waals surface area (Å²) in [5, 5.41) is 4.10. The van der Waals surface area contributed by atoms with Crippen LogP contribution in [0.3, 0.4) is 0 Å². The highest BCUT2D eigenvalue weighted by molar-refractivity contribution is 6.11. The lowest BCUT2D eigenvalue weighted by atomic mass is 9.96. The van der Waals surface area contributed by atoms with E-state index in [1.807, 2.05) is 46.8 Å². The Hall–Kier alpha value is -3.00. The highest BCUT2D eigenvalue weighted by atomic mass is 16.6. The van der Waals surface area contributed by atoms with Gasteiger partial charge in [-0.2, -0.15) is 0 Å². The summed E-state index contributed by atoms with van der Waals surface area (Å²) in [4.78, 5) is 32.1. The molecular weight excluding hydrogens is 446 g/mol. The van der Waals surface area contributed by atoms with Crippen molar-refractivity contribution in [1.29, 1.82) is 0 Å². The van der Waals surface area contributed by atoms with Crippen LogP contribution in [0.5, 0.6) is 0 Å². The topological polar surface area (TPSA) is 96.5 Å². The number of aromatic nitrogens is 3. The van der Waals surface area contributed by atoms with E-state index in [1.165, 1.54) is 0 Å². The molecule has 35 heavy (non-hydrogen) atoms. The lowest BCUT2D eigenvalue weighted by Crippen LogP contribution is -2.28. The minimum Gasteiger partial charge on any atom is -0.443 e. The Labute approximate surface area is 204 Å². The van der Waals surface area contributed by atoms with Gasteiger partial charge in [0.25, 0.3) is 0 Å². The Balaban J connectivity index is 1.56. The van der Waals surface area contributed by atoms with Gasteiger partial charge in [0, 0.05) is 17.0 Å². The molecule has 2 saturated carbocycles. The summed E-state index contributed by atoms with van der Waals surface area (Å²) >= 11 is 0. The first-order valence-corrected chi connectivity index (χ1v) is 12.5. The van der Waals surface area contributed by atoms with E-state index in [0.717, 1.165) is 48.9 Å². The van der Waals surface area contributed by atoms with E-state index in [-0.39, 0.29) is 17.3 Å². The Morgan fingerprint density at radius 1 is 1.11 bits per heavy atom. The number of hydrogen-bond donors (Lipinski definition) is 0. The molecule has 8 nitrogen and oxygen atoms in total. The number of Topliss-reactive ketones (excluding diaryl/α,β-unsaturated/α-hetero) is 1. The first kappa shape index (κ1) is 22.5. The van der Waals surface area contributed by atoms with Gasteiger partial charge in [-0.15, -0.1) is 0 Å². The Kier molecular flexibility index (Phi) is 4.81. The van der Waals surface area contributed by atoms with Gasteiger partial charge in [0.05, 0.1) is 16.8 Å². The van der Waals surface area contributed by atoms with E-state index in [0.29, 0.717) is 34.6 Å². The second-order valence-electron chi connectivity index (χ2n) is 11.3. The highest BCUT2D eigenvalue weighted by Crippen LogP contribution is 2.50. The summed E-state index contributed by atoms with van der Waals surface area (Å²) in [6.07, 6.45) is 4.60. The standard InChI is InChI=1S/C27H31N3O5/c1-14-21(15(2)35-29-14)17-12-18(23(31)20-8-9-27(33-20)10-11-27)22-19(13-17)30(24(28-22)16-6-7-16)25(32)34-26(3,4)5/h12-13,16,20H,6-11H2,1-5H3. The summed E-state index contributed by atoms with van der Waals surface area (Å²) in [6.45, 7) is 9.25. The van der Waals surface area contributed by atoms with Crippen LogP contribution < -0.4 is 0 Å². The van der Waals surface area contributed by atoms with E-state index in [2.05, 4.69) is 5.16 Å². The SMILES string of the molecule is Cc1noc(C)c1-c1cc(C(=O)C2CCC3(CC3)O2)c2nc(C3CC3)n(C(=O)OC(C)(C)C)c2c1. The number of carbonyl (C=O) groups is 2. The summed E-state index contributed by atoms with van der Waals surface area (Å²) in [5.41, 5.74) is 3.11. The molecule has 1 atom stereocenters. The third-order valence-electron chi connectivity index (χ3n) is 7.25. The van der Waals surface area contributed by atoms with E-state index in [1.54, 1.807) is 4.57 Å². The fraction of sp³-hybridized carbons (Fsp3) is 0.556. The second-order valence-corrected chi connectivity index (χ2v) is 11.3. The smallest absolute Gasteiger partial charge is 0.420 e. The molecule has 1 saturated heterocycles. The van der Waals surface area contributed by atoms with Crippen molar-refractivity contribution in [1.82, 2.24) is 14.7 Å². The fourth-order valence-electron chi connectivity index (χ4n) is 5.22. The minimum absolute atomic E-state index is 0.0800. The van der Waals surface area contributed by atoms with E-state index >= 15 is 0 Å². The summed E-state index contributed by atoms with van der Waals surface area (Å²) in [7, 11) is 0. The molecule has 6 rings (SSSR count). The van der Waals surface area contributed by atoms with Gasteiger partial charge in [-0.05, 0) is 90.8 Å². The fourth-order valence-corrected chi connectivity index (χ4v) is 5.22. The molecule has 0 amide bonds. The average Bonchev–Trinajstić information content (AvgIpc) is 3.64. The number of ether oxygens (including phenoxy) is 2. The first-order valence-electron chi connectivity index (χ1n) is 12.5. The molecule has 2 aromatic heterocycles. The average molecular weight is 478 g/mol. The summed E-state index contributed by atoms with van der Waals surface area (Å²) in [6, 6.07) is 3.76. The lowest BCUT2D eigenvalue weighted by molar-refractivity contribution is 0.0267. The zero-order valence-corrected chi connectivity index (χ0v) is 20.9. The van der Waals surface area contributed by atoms with Crippen LogP contribution in [0.2, 0.25) is 0 Å². The van der Waals surface area contributed by atoms with E-state index < -0.39 is 17.8 Å². The van der Waals surface area contributed by atoms with Crippen LogP contribution >= 0.6 is 0 Å². The molecule has 0 radical (unpaired) electrons. The van der Waals surface area contributed by atoms with Crippen molar-refractivity contribution in [3.63, 3.8) is 0 Å². The molecule has 8 heteroatoms. The quantitative estimate of drug-likeness (QED) is 0.434. The van der Waals surface area contributed by atoms with Crippen molar-refractivity contribution in [2.24, 2.45) is 0 Å². The van der Waals surface area contributed by atoms with Crippen molar-refractivity contribution < 1.29 is 23.6 Å². The van der Waals surface area contributed by atoms with Gasteiger partial charge in [-0.25, -0.2) is 14.3 Å². The monoisotopic (exact) mass is 477 g/mol. The molecule has 1 aromatic carbocycles. The zero-order chi connectivity index (χ0) is 24.7. The Bertz CT molecular complexity index is 1350. The van der Waals surface area contributed by atoms with Gasteiger partial charge >= 0.3 is 6.09 Å². The zero-order valence-electron chi connectivity index (χ0n) is 20.9. The predicted molar refractivity (Wildman–Crippen MR) is 129 cm³/mol. The van der Waals surface area contributed by atoms with Crippen LogP contribution in [-0.2, 0) is 9.47 Å². The lowest BCUT2D eigenvalue weighted by Gasteiger charge is -2.20. The largest absolute Gasteiger partial charge is 0.443 e. The van der Waals surface area contributed by atoms with E-state index in [4.69, 9.17) is 19.0 Å². The molecule has 0 bridgehead atoms.